The summed E-state index contributed by atoms with van der Waals surface area (Å²) in [5.41, 5.74) is 1.39. The van der Waals surface area contributed by atoms with Gasteiger partial charge in [0.25, 0.3) is 0 Å². The summed E-state index contributed by atoms with van der Waals surface area (Å²) in [7, 11) is 0. The Morgan fingerprint density at radius 1 is 1.28 bits per heavy atom. The summed E-state index contributed by atoms with van der Waals surface area (Å²) in [6.45, 7) is 9.81. The van der Waals surface area contributed by atoms with Crippen LogP contribution in [-0.2, 0) is 6.42 Å². The molecule has 3 atom stereocenters. The van der Waals surface area contributed by atoms with Gasteiger partial charge >= 0.3 is 5.63 Å². The fourth-order valence-electron chi connectivity index (χ4n) is 3.40. The van der Waals surface area contributed by atoms with Crippen molar-refractivity contribution in [3.05, 3.63) is 33.7 Å². The van der Waals surface area contributed by atoms with Crippen LogP contribution >= 0.6 is 0 Å². The molecule has 0 aliphatic carbocycles. The van der Waals surface area contributed by atoms with Gasteiger partial charge in [-0.1, -0.05) is 20.3 Å². The summed E-state index contributed by atoms with van der Waals surface area (Å²) in [5, 5.41) is 11.6. The number of rotatable bonds is 4. The molecule has 0 spiro atoms. The van der Waals surface area contributed by atoms with Gasteiger partial charge in [-0.15, -0.1) is 0 Å². The van der Waals surface area contributed by atoms with Crippen molar-refractivity contribution in [1.82, 2.24) is 0 Å². The molecular weight excluding hydrogens is 320 g/mol. The fraction of sp³-hybridized carbons (Fsp3) is 0.550. The normalized spacial score (nSPS) is 22.8. The second-order valence-electron chi connectivity index (χ2n) is 7.12. The maximum atomic E-state index is 12.1. The molecule has 5 nitrogen and oxygen atoms in total. The summed E-state index contributed by atoms with van der Waals surface area (Å²) in [5.74, 6) is 1.05. The molecule has 2 heterocycles. The van der Waals surface area contributed by atoms with Crippen LogP contribution in [0, 0.1) is 5.92 Å². The fourth-order valence-corrected chi connectivity index (χ4v) is 3.40. The maximum Gasteiger partial charge on any atom is 0.336 e. The summed E-state index contributed by atoms with van der Waals surface area (Å²) in [6.07, 6.45) is 0.695. The smallest absolute Gasteiger partial charge is 0.336 e. The van der Waals surface area contributed by atoms with Crippen LogP contribution < -0.4 is 15.1 Å². The van der Waals surface area contributed by atoms with Gasteiger partial charge in [0.1, 0.15) is 17.6 Å². The third kappa shape index (κ3) is 3.13. The lowest BCUT2D eigenvalue weighted by atomic mass is 9.88. The Balaban J connectivity index is 2.38. The first kappa shape index (κ1) is 17.8. The molecule has 1 aromatic heterocycles. The predicted molar refractivity (Wildman–Crippen MR) is 96.5 cm³/mol. The summed E-state index contributed by atoms with van der Waals surface area (Å²) in [4.78, 5) is 12.1. The molecule has 2 aromatic rings. The SMILES string of the molecule is CCCc1cc(=O)oc2c3c(cc(OC(C)C)c12)O[C@H](C)[C@H](C)[C@@H]3O. The van der Waals surface area contributed by atoms with Gasteiger partial charge in [-0.2, -0.15) is 0 Å². The molecule has 1 aliphatic heterocycles. The van der Waals surface area contributed by atoms with Crippen molar-refractivity contribution in [3.63, 3.8) is 0 Å². The first-order valence-electron chi connectivity index (χ1n) is 8.98. The Morgan fingerprint density at radius 2 is 2.00 bits per heavy atom. The van der Waals surface area contributed by atoms with E-state index < -0.39 is 11.7 Å². The second-order valence-corrected chi connectivity index (χ2v) is 7.12. The molecule has 1 N–H and O–H groups in total. The van der Waals surface area contributed by atoms with Gasteiger partial charge in [0.05, 0.1) is 23.2 Å². The topological polar surface area (TPSA) is 68.9 Å². The van der Waals surface area contributed by atoms with Crippen molar-refractivity contribution in [3.8, 4) is 11.5 Å². The van der Waals surface area contributed by atoms with E-state index in [0.717, 1.165) is 23.8 Å². The van der Waals surface area contributed by atoms with E-state index in [-0.39, 0.29) is 18.1 Å². The lowest BCUT2D eigenvalue weighted by Gasteiger charge is -2.34. The molecule has 5 heteroatoms. The van der Waals surface area contributed by atoms with Crippen LogP contribution in [0.25, 0.3) is 11.0 Å². The van der Waals surface area contributed by atoms with Crippen LogP contribution in [0.1, 0.15) is 58.3 Å². The molecule has 1 aromatic carbocycles. The minimum Gasteiger partial charge on any atom is -0.490 e. The molecule has 0 unspecified atom stereocenters. The van der Waals surface area contributed by atoms with Crippen molar-refractivity contribution in [2.75, 3.05) is 0 Å². The van der Waals surface area contributed by atoms with Crippen molar-refractivity contribution in [1.29, 1.82) is 0 Å². The van der Waals surface area contributed by atoms with E-state index >= 15 is 0 Å². The van der Waals surface area contributed by atoms with E-state index in [0.29, 0.717) is 22.6 Å². The van der Waals surface area contributed by atoms with E-state index in [1.54, 1.807) is 0 Å². The second kappa shape index (κ2) is 6.71. The Bertz CT molecular complexity index is 836. The summed E-state index contributed by atoms with van der Waals surface area (Å²) < 4.78 is 17.5. The molecule has 0 saturated heterocycles. The third-order valence-corrected chi connectivity index (χ3v) is 4.79. The van der Waals surface area contributed by atoms with Crippen LogP contribution in [0.4, 0.5) is 0 Å². The quantitative estimate of drug-likeness (QED) is 0.848. The van der Waals surface area contributed by atoms with Crippen LogP contribution in [-0.4, -0.2) is 17.3 Å². The van der Waals surface area contributed by atoms with E-state index in [2.05, 4.69) is 6.92 Å². The van der Waals surface area contributed by atoms with Crippen LogP contribution in [0.15, 0.2) is 21.3 Å². The minimum absolute atomic E-state index is 0.0347. The van der Waals surface area contributed by atoms with Gasteiger partial charge in [-0.3, -0.25) is 0 Å². The third-order valence-electron chi connectivity index (χ3n) is 4.79. The predicted octanol–water partition coefficient (Wildman–Crippen LogP) is 3.98. The highest BCUT2D eigenvalue weighted by atomic mass is 16.5. The number of aliphatic hydroxyl groups is 1. The van der Waals surface area contributed by atoms with Crippen LogP contribution in [0.2, 0.25) is 0 Å². The van der Waals surface area contributed by atoms with Crippen molar-refractivity contribution >= 4 is 11.0 Å². The average molecular weight is 346 g/mol. The molecule has 1 aliphatic rings. The lowest BCUT2D eigenvalue weighted by Crippen LogP contribution is -2.32. The summed E-state index contributed by atoms with van der Waals surface area (Å²) >= 11 is 0. The van der Waals surface area contributed by atoms with Gasteiger partial charge in [-0.25, -0.2) is 4.79 Å². The molecule has 3 rings (SSSR count). The van der Waals surface area contributed by atoms with Crippen LogP contribution in [0.5, 0.6) is 11.5 Å². The minimum atomic E-state index is -0.755. The highest BCUT2D eigenvalue weighted by Gasteiger charge is 2.36. The highest BCUT2D eigenvalue weighted by Crippen LogP contribution is 2.46. The Kier molecular flexibility index (Phi) is 4.78. The van der Waals surface area contributed by atoms with Crippen molar-refractivity contribution < 1.29 is 19.0 Å². The molecular formula is C20H26O5. The Labute approximate surface area is 147 Å². The van der Waals surface area contributed by atoms with Gasteiger partial charge in [0, 0.05) is 18.1 Å². The molecule has 0 amide bonds. The average Bonchev–Trinajstić information content (AvgIpc) is 2.51. The monoisotopic (exact) mass is 346 g/mol. The molecule has 0 fully saturated rings. The van der Waals surface area contributed by atoms with E-state index in [1.807, 2.05) is 33.8 Å². The van der Waals surface area contributed by atoms with E-state index in [1.165, 1.54) is 6.07 Å². The number of hydrogen-bond acceptors (Lipinski definition) is 5. The van der Waals surface area contributed by atoms with Gasteiger partial charge < -0.3 is 19.0 Å². The number of hydrogen-bond donors (Lipinski definition) is 1. The highest BCUT2D eigenvalue weighted by molar-refractivity contribution is 5.91. The van der Waals surface area contributed by atoms with Crippen molar-refractivity contribution in [2.24, 2.45) is 5.92 Å². The Hall–Kier alpha value is -2.01. The number of benzene rings is 1. The molecule has 0 bridgehead atoms. The number of aliphatic hydroxyl groups excluding tert-OH is 1. The largest absolute Gasteiger partial charge is 0.490 e. The zero-order valence-corrected chi connectivity index (χ0v) is 15.5. The zero-order valence-electron chi connectivity index (χ0n) is 15.5. The first-order chi connectivity index (χ1) is 11.8. The van der Waals surface area contributed by atoms with Gasteiger partial charge in [0.15, 0.2) is 5.58 Å². The molecule has 25 heavy (non-hydrogen) atoms. The zero-order chi connectivity index (χ0) is 18.3. The number of fused-ring (bicyclic) bond motifs is 3. The maximum absolute atomic E-state index is 12.1. The molecule has 0 radical (unpaired) electrons. The molecule has 0 saturated carbocycles. The van der Waals surface area contributed by atoms with E-state index in [9.17, 15) is 9.90 Å². The van der Waals surface area contributed by atoms with Gasteiger partial charge in [-0.05, 0) is 32.8 Å². The standard InChI is InChI=1S/C20H26O5/c1-6-7-13-8-16(21)25-20-17(13)14(23-10(2)3)9-15-18(20)19(22)11(4)12(5)24-15/h8-12,19,22H,6-7H2,1-5H3/t11-,12+,19-/m0/s1. The van der Waals surface area contributed by atoms with Gasteiger partial charge in [0.2, 0.25) is 0 Å². The number of aryl methyl sites for hydroxylation is 1. The lowest BCUT2D eigenvalue weighted by molar-refractivity contribution is 0.0177. The van der Waals surface area contributed by atoms with Crippen LogP contribution in [0.3, 0.4) is 0 Å². The Morgan fingerprint density at radius 3 is 2.64 bits per heavy atom. The summed E-state index contributed by atoms with van der Waals surface area (Å²) in [6, 6.07) is 3.34. The van der Waals surface area contributed by atoms with E-state index in [4.69, 9.17) is 13.9 Å². The molecule has 136 valence electrons. The van der Waals surface area contributed by atoms with Crippen molar-refractivity contribution in [2.45, 2.75) is 65.8 Å². The number of ether oxygens (including phenoxy) is 2. The first-order valence-corrected chi connectivity index (χ1v) is 8.98.